The average molecular weight is 307 g/mol. The van der Waals surface area contributed by atoms with Gasteiger partial charge >= 0.3 is 5.69 Å². The van der Waals surface area contributed by atoms with Crippen LogP contribution in [0.1, 0.15) is 22.1 Å². The molecule has 0 amide bonds. The molecule has 2 N–H and O–H groups in total. The first-order chi connectivity index (χ1) is 9.54. The lowest BCUT2D eigenvalue weighted by Gasteiger charge is -2.13. The normalized spacial score (nSPS) is 12.8. The number of imidazole rings is 1. The number of rotatable bonds is 2. The maximum absolute atomic E-state index is 11.3. The van der Waals surface area contributed by atoms with Gasteiger partial charge in [-0.25, -0.2) is 4.79 Å². The van der Waals surface area contributed by atoms with E-state index in [1.807, 2.05) is 43.3 Å². The van der Waals surface area contributed by atoms with E-state index < -0.39 is 0 Å². The summed E-state index contributed by atoms with van der Waals surface area (Å²) in [5.41, 5.74) is 4.29. The highest BCUT2D eigenvalue weighted by molar-refractivity contribution is 6.30. The van der Waals surface area contributed by atoms with Crippen molar-refractivity contribution < 1.29 is 0 Å². The van der Waals surface area contributed by atoms with Crippen molar-refractivity contribution in [1.82, 2.24) is 9.97 Å². The van der Waals surface area contributed by atoms with Crippen molar-refractivity contribution >= 4 is 34.2 Å². The van der Waals surface area contributed by atoms with Gasteiger partial charge in [0.15, 0.2) is 0 Å². The summed E-state index contributed by atoms with van der Waals surface area (Å²) in [5, 5.41) is 0.413. The molecule has 0 fully saturated rings. The fourth-order valence-corrected chi connectivity index (χ4v) is 2.92. The molecule has 3 aromatic rings. The molecule has 0 spiro atoms. The second kappa shape index (κ2) is 5.00. The van der Waals surface area contributed by atoms with E-state index in [0.29, 0.717) is 5.02 Å². The molecule has 0 saturated carbocycles. The first-order valence-electron chi connectivity index (χ1n) is 6.16. The number of fused-ring (bicyclic) bond motifs is 1. The summed E-state index contributed by atoms with van der Waals surface area (Å²) >= 11 is 12.5. The number of benzene rings is 2. The van der Waals surface area contributed by atoms with Gasteiger partial charge in [0.05, 0.1) is 16.4 Å². The molecule has 0 aliphatic rings. The molecule has 102 valence electrons. The Morgan fingerprint density at radius 3 is 2.55 bits per heavy atom. The Morgan fingerprint density at radius 1 is 1.05 bits per heavy atom. The van der Waals surface area contributed by atoms with E-state index in [-0.39, 0.29) is 11.1 Å². The molecule has 3 rings (SSSR count). The highest BCUT2D eigenvalue weighted by atomic mass is 35.5. The molecule has 0 aliphatic carbocycles. The second-order valence-corrected chi connectivity index (χ2v) is 5.62. The summed E-state index contributed by atoms with van der Waals surface area (Å²) in [6.07, 6.45) is 0. The first kappa shape index (κ1) is 13.3. The van der Waals surface area contributed by atoms with Crippen LogP contribution in [0.2, 0.25) is 5.02 Å². The van der Waals surface area contributed by atoms with Crippen molar-refractivity contribution in [3.05, 3.63) is 68.6 Å². The Bertz CT molecular complexity index is 835. The first-order valence-corrected chi connectivity index (χ1v) is 6.98. The summed E-state index contributed by atoms with van der Waals surface area (Å²) in [6, 6.07) is 11.3. The summed E-state index contributed by atoms with van der Waals surface area (Å²) < 4.78 is 0. The largest absolute Gasteiger partial charge is 0.323 e. The Hall–Kier alpha value is -1.71. The summed E-state index contributed by atoms with van der Waals surface area (Å²) in [7, 11) is 0. The van der Waals surface area contributed by atoms with E-state index >= 15 is 0 Å². The predicted molar refractivity (Wildman–Crippen MR) is 82.8 cm³/mol. The van der Waals surface area contributed by atoms with Crippen LogP contribution in [0.25, 0.3) is 11.0 Å². The molecule has 3 nitrogen and oxygen atoms in total. The molecule has 5 heteroatoms. The molecule has 0 saturated heterocycles. The van der Waals surface area contributed by atoms with Crippen LogP contribution in [-0.4, -0.2) is 9.97 Å². The van der Waals surface area contributed by atoms with Crippen LogP contribution in [0.5, 0.6) is 0 Å². The van der Waals surface area contributed by atoms with E-state index in [9.17, 15) is 4.79 Å². The van der Waals surface area contributed by atoms with Crippen molar-refractivity contribution in [2.24, 2.45) is 0 Å². The number of halogens is 2. The Labute approximate surface area is 125 Å². The fourth-order valence-electron chi connectivity index (χ4n) is 2.31. The van der Waals surface area contributed by atoms with Crippen molar-refractivity contribution in [2.75, 3.05) is 0 Å². The number of hydrogen-bond donors (Lipinski definition) is 2. The molecule has 2 aromatic carbocycles. The summed E-state index contributed by atoms with van der Waals surface area (Å²) in [4.78, 5) is 16.7. The van der Waals surface area contributed by atoms with Crippen LogP contribution in [-0.2, 0) is 0 Å². The number of alkyl halides is 1. The van der Waals surface area contributed by atoms with Crippen LogP contribution < -0.4 is 5.69 Å². The monoisotopic (exact) mass is 306 g/mol. The molecule has 1 unspecified atom stereocenters. The van der Waals surface area contributed by atoms with Gasteiger partial charge in [0.1, 0.15) is 0 Å². The molecular formula is C15H12Cl2N2O. The lowest BCUT2D eigenvalue weighted by atomic mass is 10.00. The van der Waals surface area contributed by atoms with E-state index in [4.69, 9.17) is 23.2 Å². The van der Waals surface area contributed by atoms with Gasteiger partial charge in [-0.1, -0.05) is 23.7 Å². The maximum Gasteiger partial charge on any atom is 0.323 e. The van der Waals surface area contributed by atoms with E-state index in [0.717, 1.165) is 27.7 Å². The SMILES string of the molecule is Cc1cc(Cl)ccc1C(Cl)c1ccc2[nH]c(=O)[nH]c2c1. The second-order valence-electron chi connectivity index (χ2n) is 4.75. The Kier molecular flexibility index (Phi) is 3.32. The van der Waals surface area contributed by atoms with Crippen LogP contribution in [0.4, 0.5) is 0 Å². The molecular weight excluding hydrogens is 295 g/mol. The van der Waals surface area contributed by atoms with Gasteiger partial charge < -0.3 is 9.97 Å². The minimum absolute atomic E-state index is 0.217. The smallest absolute Gasteiger partial charge is 0.306 e. The number of aromatic amines is 2. The van der Waals surface area contributed by atoms with Gasteiger partial charge in [-0.3, -0.25) is 0 Å². The quantitative estimate of drug-likeness (QED) is 0.687. The van der Waals surface area contributed by atoms with Gasteiger partial charge in [-0.15, -0.1) is 11.6 Å². The molecule has 0 radical (unpaired) electrons. The van der Waals surface area contributed by atoms with Crippen molar-refractivity contribution in [2.45, 2.75) is 12.3 Å². The third-order valence-corrected chi connectivity index (χ3v) is 4.06. The Balaban J connectivity index is 2.06. The molecule has 20 heavy (non-hydrogen) atoms. The van der Waals surface area contributed by atoms with Gasteiger partial charge in [0, 0.05) is 5.02 Å². The molecule has 1 heterocycles. The minimum Gasteiger partial charge on any atom is -0.306 e. The highest BCUT2D eigenvalue weighted by Crippen LogP contribution is 2.33. The standard InChI is InChI=1S/C15H12Cl2N2O/c1-8-6-10(16)3-4-11(8)14(17)9-2-5-12-13(7-9)19-15(20)18-12/h2-7,14H,1H3,(H2,18,19,20). The molecule has 0 aliphatic heterocycles. The minimum atomic E-state index is -0.282. The lowest BCUT2D eigenvalue weighted by molar-refractivity contribution is 1.11. The number of nitrogens with one attached hydrogen (secondary N) is 2. The summed E-state index contributed by atoms with van der Waals surface area (Å²) in [5.74, 6) is 0. The zero-order valence-electron chi connectivity index (χ0n) is 10.7. The third-order valence-electron chi connectivity index (χ3n) is 3.34. The Morgan fingerprint density at radius 2 is 1.80 bits per heavy atom. The average Bonchev–Trinajstić information content (AvgIpc) is 2.77. The van der Waals surface area contributed by atoms with Crippen molar-refractivity contribution in [3.63, 3.8) is 0 Å². The molecule has 0 bridgehead atoms. The van der Waals surface area contributed by atoms with Crippen LogP contribution in [0, 0.1) is 6.92 Å². The molecule has 1 atom stereocenters. The van der Waals surface area contributed by atoms with Crippen LogP contribution in [0.15, 0.2) is 41.2 Å². The molecule has 1 aromatic heterocycles. The van der Waals surface area contributed by atoms with E-state index in [2.05, 4.69) is 9.97 Å². The zero-order chi connectivity index (χ0) is 14.3. The van der Waals surface area contributed by atoms with Crippen LogP contribution in [0.3, 0.4) is 0 Å². The maximum atomic E-state index is 11.3. The highest BCUT2D eigenvalue weighted by Gasteiger charge is 2.14. The predicted octanol–water partition coefficient (Wildman–Crippen LogP) is 4.15. The van der Waals surface area contributed by atoms with Gasteiger partial charge in [0.25, 0.3) is 0 Å². The van der Waals surface area contributed by atoms with E-state index in [1.54, 1.807) is 0 Å². The van der Waals surface area contributed by atoms with E-state index in [1.165, 1.54) is 0 Å². The lowest BCUT2D eigenvalue weighted by Crippen LogP contribution is -1.99. The topological polar surface area (TPSA) is 48.6 Å². The number of hydrogen-bond acceptors (Lipinski definition) is 1. The van der Waals surface area contributed by atoms with Crippen molar-refractivity contribution in [1.29, 1.82) is 0 Å². The van der Waals surface area contributed by atoms with Gasteiger partial charge in [-0.05, 0) is 47.9 Å². The third kappa shape index (κ3) is 2.35. The number of H-pyrrole nitrogens is 2. The van der Waals surface area contributed by atoms with Crippen LogP contribution >= 0.6 is 23.2 Å². The van der Waals surface area contributed by atoms with Gasteiger partial charge in [-0.2, -0.15) is 0 Å². The number of aromatic nitrogens is 2. The zero-order valence-corrected chi connectivity index (χ0v) is 12.2. The van der Waals surface area contributed by atoms with Gasteiger partial charge in [0.2, 0.25) is 0 Å². The van der Waals surface area contributed by atoms with Crippen molar-refractivity contribution in [3.8, 4) is 0 Å². The fraction of sp³-hybridized carbons (Fsp3) is 0.133. The number of aryl methyl sites for hydroxylation is 1. The summed E-state index contributed by atoms with van der Waals surface area (Å²) in [6.45, 7) is 1.98.